The zero-order valence-electron chi connectivity index (χ0n) is 13.0. The number of hydrogen-bond donors (Lipinski definition) is 0. The molecule has 0 radical (unpaired) electrons. The van der Waals surface area contributed by atoms with Gasteiger partial charge < -0.3 is 0 Å². The van der Waals surface area contributed by atoms with E-state index in [0.717, 1.165) is 30.1 Å². The van der Waals surface area contributed by atoms with Crippen LogP contribution in [0.4, 0.5) is 0 Å². The van der Waals surface area contributed by atoms with Crippen molar-refractivity contribution in [3.05, 3.63) is 36.0 Å². The van der Waals surface area contributed by atoms with Crippen molar-refractivity contribution < 1.29 is 0 Å². The zero-order valence-corrected chi connectivity index (χ0v) is 13.0. The molecular weight excluding hydrogens is 228 g/mol. The average Bonchev–Trinajstić information content (AvgIpc) is 2.40. The molecular formula is C19H30. The van der Waals surface area contributed by atoms with Crippen LogP contribution in [-0.2, 0) is 0 Å². The second kappa shape index (κ2) is 6.11. The molecule has 0 heterocycles. The molecule has 0 saturated heterocycles. The van der Waals surface area contributed by atoms with Crippen molar-refractivity contribution in [1.29, 1.82) is 0 Å². The molecule has 0 N–H and O–H groups in total. The fourth-order valence-corrected chi connectivity index (χ4v) is 4.17. The van der Waals surface area contributed by atoms with Crippen LogP contribution in [0.15, 0.2) is 36.0 Å². The molecule has 0 aromatic rings. The molecule has 0 aromatic carbocycles. The van der Waals surface area contributed by atoms with Crippen LogP contribution in [0.25, 0.3) is 0 Å². The van der Waals surface area contributed by atoms with E-state index in [2.05, 4.69) is 40.0 Å². The van der Waals surface area contributed by atoms with Gasteiger partial charge in [0.2, 0.25) is 0 Å². The quantitative estimate of drug-likeness (QED) is 0.512. The fraction of sp³-hybridized carbons (Fsp3) is 0.684. The van der Waals surface area contributed by atoms with Crippen LogP contribution in [0.2, 0.25) is 0 Å². The van der Waals surface area contributed by atoms with E-state index in [4.69, 9.17) is 0 Å². The van der Waals surface area contributed by atoms with Crippen LogP contribution in [-0.4, -0.2) is 0 Å². The molecule has 3 unspecified atom stereocenters. The van der Waals surface area contributed by atoms with E-state index in [1.807, 2.05) is 0 Å². The predicted molar refractivity (Wildman–Crippen MR) is 85.0 cm³/mol. The van der Waals surface area contributed by atoms with Gasteiger partial charge in [-0.3, -0.25) is 0 Å². The zero-order chi connectivity index (χ0) is 14.0. The van der Waals surface area contributed by atoms with Crippen molar-refractivity contribution in [2.75, 3.05) is 0 Å². The van der Waals surface area contributed by atoms with Gasteiger partial charge in [-0.1, -0.05) is 49.8 Å². The third-order valence-corrected chi connectivity index (χ3v) is 5.36. The Balaban J connectivity index is 2.23. The van der Waals surface area contributed by atoms with Crippen LogP contribution in [0.5, 0.6) is 0 Å². The second-order valence-electron chi connectivity index (χ2n) is 7.12. The third kappa shape index (κ3) is 3.41. The lowest BCUT2D eigenvalue weighted by atomic mass is 9.65. The average molecular weight is 258 g/mol. The van der Waals surface area contributed by atoms with Crippen LogP contribution in [0, 0.1) is 23.7 Å². The van der Waals surface area contributed by atoms with Crippen molar-refractivity contribution in [3.63, 3.8) is 0 Å². The summed E-state index contributed by atoms with van der Waals surface area (Å²) in [6.45, 7) is 15.7. The van der Waals surface area contributed by atoms with E-state index in [1.165, 1.54) is 43.3 Å². The van der Waals surface area contributed by atoms with Crippen molar-refractivity contribution in [2.24, 2.45) is 23.7 Å². The molecule has 1 fully saturated rings. The Bertz CT molecular complexity index is 383. The number of rotatable bonds is 1. The van der Waals surface area contributed by atoms with Gasteiger partial charge in [0.25, 0.3) is 0 Å². The minimum atomic E-state index is 0.795. The summed E-state index contributed by atoms with van der Waals surface area (Å²) in [5.74, 6) is 3.33. The molecule has 19 heavy (non-hydrogen) atoms. The summed E-state index contributed by atoms with van der Waals surface area (Å²) in [4.78, 5) is 0. The first-order valence-electron chi connectivity index (χ1n) is 7.99. The molecule has 0 amide bonds. The first-order chi connectivity index (χ1) is 8.99. The molecule has 1 saturated carbocycles. The molecule has 3 atom stereocenters. The second-order valence-corrected chi connectivity index (χ2v) is 7.12. The maximum Gasteiger partial charge on any atom is -0.0114 e. The van der Waals surface area contributed by atoms with E-state index in [0.29, 0.717) is 0 Å². The Labute approximate surface area is 119 Å². The van der Waals surface area contributed by atoms with E-state index >= 15 is 0 Å². The highest BCUT2D eigenvalue weighted by Crippen LogP contribution is 2.45. The maximum atomic E-state index is 4.26. The van der Waals surface area contributed by atoms with E-state index in [9.17, 15) is 0 Å². The normalized spacial score (nSPS) is 33.3. The number of fused-ring (bicyclic) bond motifs is 1. The lowest BCUT2D eigenvalue weighted by Crippen LogP contribution is -2.31. The van der Waals surface area contributed by atoms with Crippen LogP contribution in [0.3, 0.4) is 0 Å². The van der Waals surface area contributed by atoms with Gasteiger partial charge in [0, 0.05) is 0 Å². The van der Waals surface area contributed by atoms with Crippen molar-refractivity contribution >= 4 is 0 Å². The summed E-state index contributed by atoms with van der Waals surface area (Å²) >= 11 is 0. The Morgan fingerprint density at radius 1 is 1.11 bits per heavy atom. The van der Waals surface area contributed by atoms with E-state index < -0.39 is 0 Å². The predicted octanol–water partition coefficient (Wildman–Crippen LogP) is 5.92. The fourth-order valence-electron chi connectivity index (χ4n) is 4.17. The summed E-state index contributed by atoms with van der Waals surface area (Å²) in [7, 11) is 0. The van der Waals surface area contributed by atoms with Crippen LogP contribution >= 0.6 is 0 Å². The summed E-state index contributed by atoms with van der Waals surface area (Å²) in [5.41, 5.74) is 4.44. The third-order valence-electron chi connectivity index (χ3n) is 5.36. The number of hydrogen-bond acceptors (Lipinski definition) is 0. The van der Waals surface area contributed by atoms with Gasteiger partial charge in [-0.2, -0.15) is 0 Å². The molecule has 0 bridgehead atoms. The van der Waals surface area contributed by atoms with E-state index in [1.54, 1.807) is 5.57 Å². The minimum absolute atomic E-state index is 0.795. The van der Waals surface area contributed by atoms with Crippen LogP contribution in [0.1, 0.15) is 59.3 Å². The Kier molecular flexibility index (Phi) is 4.71. The van der Waals surface area contributed by atoms with Gasteiger partial charge in [0.15, 0.2) is 0 Å². The van der Waals surface area contributed by atoms with Crippen molar-refractivity contribution in [3.8, 4) is 0 Å². The molecule has 0 aromatic heterocycles. The van der Waals surface area contributed by atoms with Gasteiger partial charge in [-0.25, -0.2) is 0 Å². The molecule has 2 rings (SSSR count). The van der Waals surface area contributed by atoms with Crippen LogP contribution < -0.4 is 0 Å². The topological polar surface area (TPSA) is 0 Å². The van der Waals surface area contributed by atoms with Crippen molar-refractivity contribution in [1.82, 2.24) is 0 Å². The molecule has 106 valence electrons. The monoisotopic (exact) mass is 258 g/mol. The first kappa shape index (κ1) is 14.6. The largest absolute Gasteiger partial charge is 0.0995 e. The lowest BCUT2D eigenvalue weighted by Gasteiger charge is -2.40. The summed E-state index contributed by atoms with van der Waals surface area (Å²) in [5, 5.41) is 0. The molecule has 2 aliphatic carbocycles. The molecule has 0 nitrogen and oxygen atoms in total. The number of allylic oxidation sites excluding steroid dienone is 4. The van der Waals surface area contributed by atoms with Gasteiger partial charge in [-0.05, 0) is 69.1 Å². The Hall–Kier alpha value is -0.780. The molecule has 0 aliphatic heterocycles. The van der Waals surface area contributed by atoms with E-state index in [-0.39, 0.29) is 0 Å². The van der Waals surface area contributed by atoms with Crippen molar-refractivity contribution in [2.45, 2.75) is 59.3 Å². The van der Waals surface area contributed by atoms with Gasteiger partial charge in [0.1, 0.15) is 0 Å². The smallest absolute Gasteiger partial charge is 0.0114 e. The molecule has 2 aliphatic rings. The Morgan fingerprint density at radius 2 is 1.74 bits per heavy atom. The highest BCUT2D eigenvalue weighted by molar-refractivity contribution is 5.16. The highest BCUT2D eigenvalue weighted by atomic mass is 14.4. The Morgan fingerprint density at radius 3 is 2.37 bits per heavy atom. The molecule has 0 heteroatoms. The summed E-state index contributed by atoms with van der Waals surface area (Å²) in [6, 6.07) is 0. The first-order valence-corrected chi connectivity index (χ1v) is 7.99. The maximum absolute atomic E-state index is 4.26. The standard InChI is InChI=1S/C19H30/c1-13(2)17-11-8-16(5)18-9-6-14(3)12-15(4)7-10-19(17)18/h8,13,17-19H,3-4,6-7,9-12H2,1-2,5H3. The summed E-state index contributed by atoms with van der Waals surface area (Å²) in [6.07, 6.45) is 9.91. The summed E-state index contributed by atoms with van der Waals surface area (Å²) < 4.78 is 0. The van der Waals surface area contributed by atoms with Gasteiger partial charge in [0.05, 0.1) is 0 Å². The SMILES string of the molecule is C=C1CCC2C(C)=CCC(C(C)C)C2CCC(=C)C1. The molecule has 0 spiro atoms. The van der Waals surface area contributed by atoms with Gasteiger partial charge >= 0.3 is 0 Å². The lowest BCUT2D eigenvalue weighted by molar-refractivity contribution is 0.166. The van der Waals surface area contributed by atoms with Gasteiger partial charge in [-0.15, -0.1) is 0 Å². The minimum Gasteiger partial charge on any atom is -0.0995 e. The highest BCUT2D eigenvalue weighted by Gasteiger charge is 2.34.